The molecule has 0 bridgehead atoms. The maximum Gasteiger partial charge on any atom is 0.251 e. The summed E-state index contributed by atoms with van der Waals surface area (Å²) in [5.41, 5.74) is 5.74. The summed E-state index contributed by atoms with van der Waals surface area (Å²) in [6.45, 7) is 0.564. The fourth-order valence-electron chi connectivity index (χ4n) is 4.27. The van der Waals surface area contributed by atoms with E-state index in [1.54, 1.807) is 11.8 Å². The summed E-state index contributed by atoms with van der Waals surface area (Å²) >= 11 is 1.72. The van der Waals surface area contributed by atoms with Gasteiger partial charge in [0.1, 0.15) is 5.82 Å². The largest absolute Gasteiger partial charge is 0.352 e. The highest BCUT2D eigenvalue weighted by molar-refractivity contribution is 7.99. The summed E-state index contributed by atoms with van der Waals surface area (Å²) < 4.78 is 15.3. The molecule has 4 aromatic carbocycles. The van der Waals surface area contributed by atoms with E-state index in [9.17, 15) is 9.18 Å². The zero-order valence-electron chi connectivity index (χ0n) is 20.9. The minimum Gasteiger partial charge on any atom is -0.352 e. The Morgan fingerprint density at radius 3 is 2.03 bits per heavy atom. The van der Waals surface area contributed by atoms with Gasteiger partial charge in [-0.25, -0.2) is 9.37 Å². The van der Waals surface area contributed by atoms with E-state index in [0.717, 1.165) is 52.0 Å². The molecule has 5 rings (SSSR count). The number of thioether (sulfide) groups is 1. The SMILES string of the molecule is O=C(NCCCCSc1nc(-c2ccccc2)c(-c2ccccc2)n1-c1ccccc1)c1ccc(F)cc1. The smallest absolute Gasteiger partial charge is 0.251 e. The molecule has 0 fully saturated rings. The third-order valence-corrected chi connectivity index (χ3v) is 7.17. The number of halogens is 1. The molecule has 0 saturated carbocycles. The van der Waals surface area contributed by atoms with Crippen LogP contribution in [0.4, 0.5) is 4.39 Å². The number of nitrogens with zero attached hydrogens (tertiary/aromatic N) is 2. The number of hydrogen-bond acceptors (Lipinski definition) is 3. The second-order valence-corrected chi connectivity index (χ2v) is 9.88. The van der Waals surface area contributed by atoms with Gasteiger partial charge in [0, 0.05) is 34.7 Å². The molecule has 0 atom stereocenters. The van der Waals surface area contributed by atoms with Gasteiger partial charge in [-0.05, 0) is 49.2 Å². The van der Waals surface area contributed by atoms with Crippen LogP contribution in [0.25, 0.3) is 28.2 Å². The molecule has 0 unspecified atom stereocenters. The van der Waals surface area contributed by atoms with Gasteiger partial charge in [-0.15, -0.1) is 0 Å². The topological polar surface area (TPSA) is 46.9 Å². The van der Waals surface area contributed by atoms with Crippen molar-refractivity contribution < 1.29 is 9.18 Å². The zero-order chi connectivity index (χ0) is 26.2. The Kier molecular flexibility index (Phi) is 8.31. The van der Waals surface area contributed by atoms with Crippen molar-refractivity contribution in [2.24, 2.45) is 0 Å². The van der Waals surface area contributed by atoms with E-state index >= 15 is 0 Å². The van der Waals surface area contributed by atoms with E-state index in [2.05, 4.69) is 58.4 Å². The van der Waals surface area contributed by atoms with E-state index in [4.69, 9.17) is 4.98 Å². The highest BCUT2D eigenvalue weighted by Crippen LogP contribution is 2.38. The van der Waals surface area contributed by atoms with Crippen molar-refractivity contribution >= 4 is 17.7 Å². The van der Waals surface area contributed by atoms with Crippen molar-refractivity contribution in [2.75, 3.05) is 12.3 Å². The second-order valence-electron chi connectivity index (χ2n) is 8.81. The predicted octanol–water partition coefficient (Wildman–Crippen LogP) is 7.65. The maximum atomic E-state index is 13.1. The third-order valence-electron chi connectivity index (χ3n) is 6.15. The van der Waals surface area contributed by atoms with Crippen LogP contribution in [-0.2, 0) is 0 Å². The summed E-state index contributed by atoms with van der Waals surface area (Å²) in [6, 6.07) is 36.6. The van der Waals surface area contributed by atoms with Crippen molar-refractivity contribution in [3.63, 3.8) is 0 Å². The number of amides is 1. The Morgan fingerprint density at radius 2 is 1.37 bits per heavy atom. The number of carbonyl (C=O) groups is 1. The molecular weight excluding hydrogens is 493 g/mol. The third kappa shape index (κ3) is 6.03. The van der Waals surface area contributed by atoms with E-state index in [0.29, 0.717) is 12.1 Å². The lowest BCUT2D eigenvalue weighted by molar-refractivity contribution is 0.0953. The van der Waals surface area contributed by atoms with Crippen LogP contribution in [0.5, 0.6) is 0 Å². The predicted molar refractivity (Wildman–Crippen MR) is 153 cm³/mol. The number of imidazole rings is 1. The van der Waals surface area contributed by atoms with Gasteiger partial charge in [-0.3, -0.25) is 9.36 Å². The minimum atomic E-state index is -0.349. The van der Waals surface area contributed by atoms with Crippen molar-refractivity contribution in [1.29, 1.82) is 0 Å². The summed E-state index contributed by atoms with van der Waals surface area (Å²) in [4.78, 5) is 17.4. The molecule has 190 valence electrons. The monoisotopic (exact) mass is 521 g/mol. The van der Waals surface area contributed by atoms with Crippen LogP contribution in [0, 0.1) is 5.82 Å². The van der Waals surface area contributed by atoms with E-state index in [1.165, 1.54) is 24.3 Å². The minimum absolute atomic E-state index is 0.183. The molecule has 0 aliphatic rings. The summed E-state index contributed by atoms with van der Waals surface area (Å²) in [5, 5.41) is 3.85. The number of hydrogen-bond donors (Lipinski definition) is 1. The summed E-state index contributed by atoms with van der Waals surface area (Å²) in [5.74, 6) is 0.328. The fourth-order valence-corrected chi connectivity index (χ4v) is 5.28. The molecule has 0 saturated heterocycles. The molecule has 1 amide bonds. The number of carbonyl (C=O) groups excluding carboxylic acids is 1. The average Bonchev–Trinajstić information content (AvgIpc) is 3.36. The molecule has 0 aliphatic heterocycles. The molecule has 4 nitrogen and oxygen atoms in total. The molecule has 0 radical (unpaired) electrons. The number of rotatable bonds is 10. The molecule has 0 aliphatic carbocycles. The second kappa shape index (κ2) is 12.4. The highest BCUT2D eigenvalue weighted by Gasteiger charge is 2.21. The number of unbranched alkanes of at least 4 members (excludes halogenated alkanes) is 1. The Bertz CT molecular complexity index is 1470. The average molecular weight is 522 g/mol. The van der Waals surface area contributed by atoms with Gasteiger partial charge in [0.05, 0.1) is 11.4 Å². The van der Waals surface area contributed by atoms with Gasteiger partial charge < -0.3 is 5.32 Å². The standard InChI is InChI=1S/C32H28FN3OS/c33-27-20-18-26(19-21-27)31(37)34-22-10-11-23-38-32-35-29(24-12-4-1-5-13-24)30(25-14-6-2-7-15-25)36(32)28-16-8-3-9-17-28/h1-9,12-21H,10-11,22-23H2,(H,34,37). The molecule has 1 aromatic heterocycles. The van der Waals surface area contributed by atoms with E-state index in [-0.39, 0.29) is 11.7 Å². The lowest BCUT2D eigenvalue weighted by Gasteiger charge is -2.13. The molecule has 1 N–H and O–H groups in total. The highest BCUT2D eigenvalue weighted by atomic mass is 32.2. The Labute approximate surface area is 226 Å². The lowest BCUT2D eigenvalue weighted by Crippen LogP contribution is -2.24. The number of benzene rings is 4. The van der Waals surface area contributed by atoms with Crippen LogP contribution in [0.1, 0.15) is 23.2 Å². The molecule has 6 heteroatoms. The van der Waals surface area contributed by atoms with Crippen molar-refractivity contribution in [3.8, 4) is 28.2 Å². The maximum absolute atomic E-state index is 13.1. The lowest BCUT2D eigenvalue weighted by atomic mass is 10.0. The van der Waals surface area contributed by atoms with Crippen molar-refractivity contribution in [1.82, 2.24) is 14.9 Å². The van der Waals surface area contributed by atoms with Crippen LogP contribution in [0.2, 0.25) is 0 Å². The van der Waals surface area contributed by atoms with Crippen molar-refractivity contribution in [3.05, 3.63) is 127 Å². The molecule has 1 heterocycles. The quantitative estimate of drug-likeness (QED) is 0.152. The van der Waals surface area contributed by atoms with E-state index < -0.39 is 0 Å². The Balaban J connectivity index is 1.34. The van der Waals surface area contributed by atoms with Crippen LogP contribution >= 0.6 is 11.8 Å². The van der Waals surface area contributed by atoms with Crippen LogP contribution in [0.3, 0.4) is 0 Å². The summed E-state index contributed by atoms with van der Waals surface area (Å²) in [7, 11) is 0. The van der Waals surface area contributed by atoms with Crippen LogP contribution in [0.15, 0.2) is 120 Å². The van der Waals surface area contributed by atoms with Crippen molar-refractivity contribution in [2.45, 2.75) is 18.0 Å². The van der Waals surface area contributed by atoms with Crippen LogP contribution in [-0.4, -0.2) is 27.8 Å². The first-order valence-electron chi connectivity index (χ1n) is 12.7. The summed E-state index contributed by atoms with van der Waals surface area (Å²) in [6.07, 6.45) is 1.75. The number of nitrogens with one attached hydrogen (secondary N) is 1. The Morgan fingerprint density at radius 1 is 0.763 bits per heavy atom. The van der Waals surface area contributed by atoms with Gasteiger partial charge in [0.15, 0.2) is 5.16 Å². The zero-order valence-corrected chi connectivity index (χ0v) is 21.7. The Hall–Kier alpha value is -4.16. The van der Waals surface area contributed by atoms with Gasteiger partial charge in [-0.1, -0.05) is 90.6 Å². The van der Waals surface area contributed by atoms with Crippen LogP contribution < -0.4 is 5.32 Å². The first-order valence-corrected chi connectivity index (χ1v) is 13.6. The molecule has 38 heavy (non-hydrogen) atoms. The first-order chi connectivity index (χ1) is 18.7. The molecule has 0 spiro atoms. The first kappa shape index (κ1) is 25.5. The van der Waals surface area contributed by atoms with Gasteiger partial charge in [-0.2, -0.15) is 0 Å². The normalized spacial score (nSPS) is 10.9. The van der Waals surface area contributed by atoms with Gasteiger partial charge in [0.25, 0.3) is 5.91 Å². The van der Waals surface area contributed by atoms with E-state index in [1.807, 2.05) is 42.5 Å². The van der Waals surface area contributed by atoms with Gasteiger partial charge >= 0.3 is 0 Å². The molecular formula is C32H28FN3OS. The fraction of sp³-hybridized carbons (Fsp3) is 0.125. The molecule has 5 aromatic rings. The van der Waals surface area contributed by atoms with Gasteiger partial charge in [0.2, 0.25) is 0 Å². The number of aromatic nitrogens is 2. The number of para-hydroxylation sites is 1.